The van der Waals surface area contributed by atoms with Crippen molar-refractivity contribution in [3.05, 3.63) is 28.4 Å². The summed E-state index contributed by atoms with van der Waals surface area (Å²) in [4.78, 5) is 22.2. The van der Waals surface area contributed by atoms with Crippen LogP contribution in [0, 0.1) is 0 Å². The van der Waals surface area contributed by atoms with Gasteiger partial charge in [0.15, 0.2) is 11.6 Å². The van der Waals surface area contributed by atoms with Crippen molar-refractivity contribution in [2.45, 2.75) is 19.8 Å². The minimum atomic E-state index is -0.180. The molecule has 0 spiro atoms. The number of H-pyrrole nitrogens is 2. The molecule has 0 atom stereocenters. The summed E-state index contributed by atoms with van der Waals surface area (Å²) < 4.78 is 0. The number of aromatic nitrogens is 5. The van der Waals surface area contributed by atoms with Crippen LogP contribution in [-0.4, -0.2) is 25.1 Å². The van der Waals surface area contributed by atoms with Crippen molar-refractivity contribution >= 4 is 0 Å². The molecule has 2 N–H and O–H groups in total. The Balaban J connectivity index is 2.54. The van der Waals surface area contributed by atoms with Gasteiger partial charge < -0.3 is 4.98 Å². The average molecular weight is 205 g/mol. The SMILES string of the molecule is CC(C)c1cc(=O)[nH]c(-c2ncn[nH]2)n1. The molecule has 0 saturated carbocycles. The summed E-state index contributed by atoms with van der Waals surface area (Å²) in [5, 5.41) is 6.36. The number of hydrogen-bond donors (Lipinski definition) is 2. The van der Waals surface area contributed by atoms with Crippen LogP contribution in [-0.2, 0) is 0 Å². The quantitative estimate of drug-likeness (QED) is 0.754. The highest BCUT2D eigenvalue weighted by atomic mass is 16.1. The molecule has 2 rings (SSSR count). The van der Waals surface area contributed by atoms with E-state index in [1.54, 1.807) is 0 Å². The normalized spacial score (nSPS) is 10.9. The number of aromatic amines is 2. The summed E-state index contributed by atoms with van der Waals surface area (Å²) in [5.41, 5.74) is 0.560. The zero-order valence-corrected chi connectivity index (χ0v) is 8.48. The standard InChI is InChI=1S/C9H11N5O/c1-5(2)6-3-7(15)13-9(12-6)8-10-4-11-14-8/h3-5H,1-2H3,(H,10,11,14)(H,12,13,15). The maximum atomic E-state index is 11.4. The zero-order chi connectivity index (χ0) is 10.8. The number of nitrogens with one attached hydrogen (secondary N) is 2. The molecular weight excluding hydrogens is 194 g/mol. The molecule has 0 amide bonds. The molecule has 0 aromatic carbocycles. The van der Waals surface area contributed by atoms with Crippen LogP contribution in [0.5, 0.6) is 0 Å². The number of nitrogens with zero attached hydrogens (tertiary/aromatic N) is 3. The van der Waals surface area contributed by atoms with Crippen molar-refractivity contribution < 1.29 is 0 Å². The monoisotopic (exact) mass is 205 g/mol. The lowest BCUT2D eigenvalue weighted by atomic mass is 10.1. The second-order valence-electron chi connectivity index (χ2n) is 3.51. The lowest BCUT2D eigenvalue weighted by Crippen LogP contribution is -2.11. The zero-order valence-electron chi connectivity index (χ0n) is 8.48. The average Bonchev–Trinajstić information content (AvgIpc) is 2.69. The van der Waals surface area contributed by atoms with E-state index in [4.69, 9.17) is 0 Å². The van der Waals surface area contributed by atoms with Crippen LogP contribution >= 0.6 is 0 Å². The summed E-state index contributed by atoms with van der Waals surface area (Å²) in [6, 6.07) is 1.49. The second kappa shape index (κ2) is 3.64. The first-order valence-corrected chi connectivity index (χ1v) is 4.64. The van der Waals surface area contributed by atoms with E-state index in [0.29, 0.717) is 11.6 Å². The molecule has 15 heavy (non-hydrogen) atoms. The van der Waals surface area contributed by atoms with Crippen LogP contribution in [0.3, 0.4) is 0 Å². The maximum Gasteiger partial charge on any atom is 0.251 e. The summed E-state index contributed by atoms with van der Waals surface area (Å²) in [7, 11) is 0. The minimum absolute atomic E-state index is 0.180. The van der Waals surface area contributed by atoms with Crippen LogP contribution in [0.1, 0.15) is 25.5 Å². The first kappa shape index (κ1) is 9.57. The van der Waals surface area contributed by atoms with E-state index in [-0.39, 0.29) is 11.5 Å². The molecular formula is C9H11N5O. The van der Waals surface area contributed by atoms with Gasteiger partial charge in [0.1, 0.15) is 6.33 Å². The fourth-order valence-electron chi connectivity index (χ4n) is 1.20. The molecule has 0 fully saturated rings. The molecule has 0 saturated heterocycles. The third-order valence-electron chi connectivity index (χ3n) is 1.99. The molecule has 0 unspecified atom stereocenters. The van der Waals surface area contributed by atoms with E-state index in [9.17, 15) is 4.79 Å². The Hall–Kier alpha value is -1.98. The lowest BCUT2D eigenvalue weighted by molar-refractivity contribution is 0.809. The lowest BCUT2D eigenvalue weighted by Gasteiger charge is -2.04. The van der Waals surface area contributed by atoms with Gasteiger partial charge in [0.2, 0.25) is 0 Å². The highest BCUT2D eigenvalue weighted by Crippen LogP contribution is 2.12. The van der Waals surface area contributed by atoms with Gasteiger partial charge >= 0.3 is 0 Å². The van der Waals surface area contributed by atoms with Gasteiger partial charge in [0.25, 0.3) is 5.56 Å². The fraction of sp³-hybridized carbons (Fsp3) is 0.333. The molecule has 78 valence electrons. The highest BCUT2D eigenvalue weighted by Gasteiger charge is 2.08. The Morgan fingerprint density at radius 3 is 2.73 bits per heavy atom. The Labute approximate surface area is 85.8 Å². The molecule has 0 bridgehead atoms. The van der Waals surface area contributed by atoms with Crippen molar-refractivity contribution in [1.29, 1.82) is 0 Å². The molecule has 2 aromatic heterocycles. The van der Waals surface area contributed by atoms with Crippen LogP contribution in [0.2, 0.25) is 0 Å². The topological polar surface area (TPSA) is 87.3 Å². The van der Waals surface area contributed by atoms with Gasteiger partial charge in [0, 0.05) is 6.07 Å². The van der Waals surface area contributed by atoms with Crippen LogP contribution in [0.15, 0.2) is 17.2 Å². The van der Waals surface area contributed by atoms with Crippen LogP contribution < -0.4 is 5.56 Å². The van der Waals surface area contributed by atoms with Gasteiger partial charge in [0.05, 0.1) is 5.69 Å². The van der Waals surface area contributed by atoms with E-state index in [0.717, 1.165) is 5.69 Å². The molecule has 2 heterocycles. The predicted molar refractivity (Wildman–Crippen MR) is 54.3 cm³/mol. The Morgan fingerprint density at radius 1 is 1.33 bits per heavy atom. The Kier molecular flexibility index (Phi) is 2.32. The van der Waals surface area contributed by atoms with Crippen molar-refractivity contribution in [1.82, 2.24) is 25.1 Å². The first-order chi connectivity index (χ1) is 7.16. The molecule has 0 aliphatic carbocycles. The fourth-order valence-corrected chi connectivity index (χ4v) is 1.20. The van der Waals surface area contributed by atoms with E-state index in [2.05, 4.69) is 25.1 Å². The Morgan fingerprint density at radius 2 is 2.13 bits per heavy atom. The molecule has 0 aliphatic heterocycles. The third-order valence-corrected chi connectivity index (χ3v) is 1.99. The minimum Gasteiger partial charge on any atom is -0.304 e. The molecule has 0 radical (unpaired) electrons. The van der Waals surface area contributed by atoms with E-state index < -0.39 is 0 Å². The van der Waals surface area contributed by atoms with Crippen molar-refractivity contribution in [2.24, 2.45) is 0 Å². The van der Waals surface area contributed by atoms with Crippen LogP contribution in [0.4, 0.5) is 0 Å². The first-order valence-electron chi connectivity index (χ1n) is 4.64. The van der Waals surface area contributed by atoms with Gasteiger partial charge in [-0.2, -0.15) is 5.10 Å². The predicted octanol–water partition coefficient (Wildman–Crippen LogP) is 0.678. The van der Waals surface area contributed by atoms with Crippen molar-refractivity contribution in [3.8, 4) is 11.6 Å². The summed E-state index contributed by atoms with van der Waals surface area (Å²) in [6.07, 6.45) is 1.37. The molecule has 6 nitrogen and oxygen atoms in total. The summed E-state index contributed by atoms with van der Waals surface area (Å²) in [6.45, 7) is 3.96. The van der Waals surface area contributed by atoms with Gasteiger partial charge in [-0.05, 0) is 5.92 Å². The van der Waals surface area contributed by atoms with Crippen molar-refractivity contribution in [3.63, 3.8) is 0 Å². The molecule has 0 aliphatic rings. The van der Waals surface area contributed by atoms with E-state index in [1.165, 1.54) is 12.4 Å². The van der Waals surface area contributed by atoms with E-state index in [1.807, 2.05) is 13.8 Å². The molecule has 2 aromatic rings. The van der Waals surface area contributed by atoms with Crippen LogP contribution in [0.25, 0.3) is 11.6 Å². The van der Waals surface area contributed by atoms with Gasteiger partial charge in [-0.3, -0.25) is 9.89 Å². The highest BCUT2D eigenvalue weighted by molar-refractivity contribution is 5.41. The van der Waals surface area contributed by atoms with Gasteiger partial charge in [-0.25, -0.2) is 9.97 Å². The Bertz CT molecular complexity index is 499. The second-order valence-corrected chi connectivity index (χ2v) is 3.51. The van der Waals surface area contributed by atoms with Crippen molar-refractivity contribution in [2.75, 3.05) is 0 Å². The number of hydrogen-bond acceptors (Lipinski definition) is 4. The third kappa shape index (κ3) is 1.93. The largest absolute Gasteiger partial charge is 0.304 e. The maximum absolute atomic E-state index is 11.4. The molecule has 6 heteroatoms. The smallest absolute Gasteiger partial charge is 0.251 e. The van der Waals surface area contributed by atoms with Gasteiger partial charge in [-0.15, -0.1) is 0 Å². The number of rotatable bonds is 2. The van der Waals surface area contributed by atoms with E-state index >= 15 is 0 Å². The summed E-state index contributed by atoms with van der Waals surface area (Å²) >= 11 is 0. The van der Waals surface area contributed by atoms with Gasteiger partial charge in [-0.1, -0.05) is 13.8 Å². The summed E-state index contributed by atoms with van der Waals surface area (Å²) in [5.74, 6) is 1.09.